The lowest BCUT2D eigenvalue weighted by Crippen LogP contribution is -2.49. The highest BCUT2D eigenvalue weighted by molar-refractivity contribution is 9.10. The highest BCUT2D eigenvalue weighted by Gasteiger charge is 2.22. The number of rotatable bonds is 5. The Kier molecular flexibility index (Phi) is 7.34. The summed E-state index contributed by atoms with van der Waals surface area (Å²) in [4.78, 5) is 9.37. The van der Waals surface area contributed by atoms with E-state index in [1.807, 2.05) is 7.05 Å². The number of guanidine groups is 1. The molecular formula is C20H32BrN5. The molecule has 2 N–H and O–H groups in total. The van der Waals surface area contributed by atoms with Gasteiger partial charge in [-0.2, -0.15) is 0 Å². The molecule has 6 heteroatoms. The van der Waals surface area contributed by atoms with Crippen molar-refractivity contribution in [1.29, 1.82) is 0 Å². The van der Waals surface area contributed by atoms with Crippen LogP contribution in [0.15, 0.2) is 33.7 Å². The molecular weight excluding hydrogens is 390 g/mol. The first kappa shape index (κ1) is 19.6. The minimum atomic E-state index is 0.522. The van der Waals surface area contributed by atoms with Gasteiger partial charge in [0.15, 0.2) is 5.96 Å². The number of hydrogen-bond acceptors (Lipinski definition) is 3. The number of hydrogen-bond donors (Lipinski definition) is 2. The van der Waals surface area contributed by atoms with E-state index >= 15 is 0 Å². The molecule has 5 nitrogen and oxygen atoms in total. The maximum atomic E-state index is 4.42. The van der Waals surface area contributed by atoms with Gasteiger partial charge in [0.05, 0.1) is 0 Å². The topological polar surface area (TPSA) is 42.9 Å². The van der Waals surface area contributed by atoms with Gasteiger partial charge in [-0.05, 0) is 56.5 Å². The lowest BCUT2D eigenvalue weighted by atomic mass is 10.0. The van der Waals surface area contributed by atoms with Crippen LogP contribution in [-0.4, -0.2) is 68.6 Å². The first-order valence-electron chi connectivity index (χ1n) is 9.75. The Labute approximate surface area is 166 Å². The fraction of sp³-hybridized carbons (Fsp3) is 0.650. The molecule has 0 radical (unpaired) electrons. The molecule has 26 heavy (non-hydrogen) atoms. The van der Waals surface area contributed by atoms with Crippen LogP contribution in [0.5, 0.6) is 0 Å². The van der Waals surface area contributed by atoms with Crippen molar-refractivity contribution < 1.29 is 0 Å². The van der Waals surface area contributed by atoms with Gasteiger partial charge in [0.25, 0.3) is 0 Å². The van der Waals surface area contributed by atoms with Crippen molar-refractivity contribution >= 4 is 21.9 Å². The lowest BCUT2D eigenvalue weighted by Gasteiger charge is -2.33. The maximum Gasteiger partial charge on any atom is 0.191 e. The van der Waals surface area contributed by atoms with E-state index in [0.717, 1.165) is 42.5 Å². The summed E-state index contributed by atoms with van der Waals surface area (Å²) in [5, 5.41) is 7.15. The van der Waals surface area contributed by atoms with Gasteiger partial charge in [0.2, 0.25) is 0 Å². The molecule has 1 aromatic carbocycles. The SMILES string of the molecule is CN=C(NCC1CCN(C)C1)NC1CCN(Cc2ccc(Br)cc2)CC1. The second kappa shape index (κ2) is 9.72. The number of aliphatic imine (C=N–C) groups is 1. The van der Waals surface area contributed by atoms with Crippen molar-refractivity contribution in [2.24, 2.45) is 10.9 Å². The van der Waals surface area contributed by atoms with Gasteiger partial charge in [-0.15, -0.1) is 0 Å². The zero-order valence-corrected chi connectivity index (χ0v) is 17.6. The zero-order valence-electron chi connectivity index (χ0n) is 16.0. The number of likely N-dealkylation sites (tertiary alicyclic amines) is 2. The molecule has 2 heterocycles. The second-order valence-electron chi connectivity index (χ2n) is 7.69. The Balaban J connectivity index is 1.37. The number of halogens is 1. The molecule has 0 aliphatic carbocycles. The Bertz CT molecular complexity index is 580. The summed E-state index contributed by atoms with van der Waals surface area (Å²) in [5.41, 5.74) is 1.39. The Morgan fingerprint density at radius 1 is 1.15 bits per heavy atom. The summed E-state index contributed by atoms with van der Waals surface area (Å²) in [7, 11) is 4.08. The van der Waals surface area contributed by atoms with E-state index in [2.05, 4.69) is 72.7 Å². The largest absolute Gasteiger partial charge is 0.356 e. The molecule has 0 bridgehead atoms. The Hall–Kier alpha value is -1.11. The van der Waals surface area contributed by atoms with Crippen molar-refractivity contribution in [3.8, 4) is 0 Å². The van der Waals surface area contributed by atoms with Gasteiger partial charge in [-0.3, -0.25) is 9.89 Å². The average molecular weight is 422 g/mol. The van der Waals surface area contributed by atoms with Crippen LogP contribution < -0.4 is 10.6 Å². The summed E-state index contributed by atoms with van der Waals surface area (Å²) in [6.07, 6.45) is 3.63. The van der Waals surface area contributed by atoms with Crippen molar-refractivity contribution in [3.63, 3.8) is 0 Å². The first-order valence-corrected chi connectivity index (χ1v) is 10.5. The maximum absolute atomic E-state index is 4.42. The molecule has 1 aromatic rings. The summed E-state index contributed by atoms with van der Waals surface area (Å²) >= 11 is 3.50. The molecule has 0 aromatic heterocycles. The van der Waals surface area contributed by atoms with E-state index in [4.69, 9.17) is 0 Å². The Morgan fingerprint density at radius 3 is 2.50 bits per heavy atom. The quantitative estimate of drug-likeness (QED) is 0.566. The van der Waals surface area contributed by atoms with Crippen molar-refractivity contribution in [3.05, 3.63) is 34.3 Å². The van der Waals surface area contributed by atoms with Crippen LogP contribution in [0, 0.1) is 5.92 Å². The minimum Gasteiger partial charge on any atom is -0.356 e. The van der Waals surface area contributed by atoms with Crippen LogP contribution in [0.25, 0.3) is 0 Å². The average Bonchev–Trinajstić information content (AvgIpc) is 3.07. The molecule has 0 amide bonds. The molecule has 1 atom stereocenters. The molecule has 2 saturated heterocycles. The normalized spacial score (nSPS) is 23.3. The third-order valence-electron chi connectivity index (χ3n) is 5.52. The van der Waals surface area contributed by atoms with E-state index in [1.54, 1.807) is 0 Å². The van der Waals surface area contributed by atoms with E-state index < -0.39 is 0 Å². The van der Waals surface area contributed by atoms with Gasteiger partial charge in [-0.1, -0.05) is 28.1 Å². The summed E-state index contributed by atoms with van der Waals surface area (Å²) in [6, 6.07) is 9.19. The molecule has 144 valence electrons. The highest BCUT2D eigenvalue weighted by atomic mass is 79.9. The van der Waals surface area contributed by atoms with E-state index in [9.17, 15) is 0 Å². The van der Waals surface area contributed by atoms with Crippen LogP contribution >= 0.6 is 15.9 Å². The van der Waals surface area contributed by atoms with E-state index in [1.165, 1.54) is 37.9 Å². The summed E-state index contributed by atoms with van der Waals surface area (Å²) in [5.74, 6) is 1.71. The first-order chi connectivity index (χ1) is 12.6. The molecule has 2 aliphatic rings. The molecule has 3 rings (SSSR count). The van der Waals surface area contributed by atoms with Crippen LogP contribution in [0.2, 0.25) is 0 Å². The van der Waals surface area contributed by atoms with E-state index in [-0.39, 0.29) is 0 Å². The fourth-order valence-corrected chi connectivity index (χ4v) is 4.17. The second-order valence-corrected chi connectivity index (χ2v) is 8.61. The smallest absolute Gasteiger partial charge is 0.191 e. The van der Waals surface area contributed by atoms with Crippen molar-refractivity contribution in [2.75, 3.05) is 46.8 Å². The summed E-state index contributed by atoms with van der Waals surface area (Å²) < 4.78 is 1.15. The number of nitrogens with one attached hydrogen (secondary N) is 2. The van der Waals surface area contributed by atoms with Crippen LogP contribution in [0.1, 0.15) is 24.8 Å². The van der Waals surface area contributed by atoms with Crippen molar-refractivity contribution in [1.82, 2.24) is 20.4 Å². The highest BCUT2D eigenvalue weighted by Crippen LogP contribution is 2.16. The number of piperidine rings is 1. The predicted molar refractivity (Wildman–Crippen MR) is 113 cm³/mol. The van der Waals surface area contributed by atoms with Gasteiger partial charge in [0, 0.05) is 50.3 Å². The predicted octanol–water partition coefficient (Wildman–Crippen LogP) is 2.53. The third kappa shape index (κ3) is 5.96. The van der Waals surface area contributed by atoms with Gasteiger partial charge >= 0.3 is 0 Å². The fourth-order valence-electron chi connectivity index (χ4n) is 3.91. The lowest BCUT2D eigenvalue weighted by molar-refractivity contribution is 0.198. The molecule has 0 spiro atoms. The van der Waals surface area contributed by atoms with Gasteiger partial charge < -0.3 is 15.5 Å². The molecule has 2 aliphatic heterocycles. The van der Waals surface area contributed by atoms with Gasteiger partial charge in [-0.25, -0.2) is 0 Å². The number of nitrogens with zero attached hydrogens (tertiary/aromatic N) is 3. The number of benzene rings is 1. The summed E-state index contributed by atoms with van der Waals surface area (Å²) in [6.45, 7) is 6.75. The third-order valence-corrected chi connectivity index (χ3v) is 6.05. The molecule has 0 saturated carbocycles. The monoisotopic (exact) mass is 421 g/mol. The Morgan fingerprint density at radius 2 is 1.88 bits per heavy atom. The standard InChI is InChI=1S/C20H32BrN5/c1-22-20(23-13-17-7-10-25(2)14-17)24-19-8-11-26(12-9-19)15-16-3-5-18(21)6-4-16/h3-6,17,19H,7-15H2,1-2H3,(H2,22,23,24). The molecule has 2 fully saturated rings. The van der Waals surface area contributed by atoms with Crippen molar-refractivity contribution in [2.45, 2.75) is 31.8 Å². The van der Waals surface area contributed by atoms with E-state index in [0.29, 0.717) is 6.04 Å². The van der Waals surface area contributed by atoms with Gasteiger partial charge in [0.1, 0.15) is 0 Å². The molecule has 1 unspecified atom stereocenters. The van der Waals surface area contributed by atoms with Crippen LogP contribution in [-0.2, 0) is 6.54 Å². The zero-order chi connectivity index (χ0) is 18.4. The van der Waals surface area contributed by atoms with Crippen LogP contribution in [0.3, 0.4) is 0 Å². The minimum absolute atomic E-state index is 0.522. The van der Waals surface area contributed by atoms with Crippen LogP contribution in [0.4, 0.5) is 0 Å².